The number of halogens is 1. The zero-order valence-corrected chi connectivity index (χ0v) is 13.3. The van der Waals surface area contributed by atoms with Crippen molar-refractivity contribution in [3.63, 3.8) is 0 Å². The van der Waals surface area contributed by atoms with Gasteiger partial charge in [-0.15, -0.1) is 28.2 Å². The van der Waals surface area contributed by atoms with Crippen molar-refractivity contribution in [3.05, 3.63) is 71.8 Å². The van der Waals surface area contributed by atoms with E-state index in [0.717, 1.165) is 11.1 Å². The van der Waals surface area contributed by atoms with Crippen molar-refractivity contribution in [3.8, 4) is 11.4 Å². The highest BCUT2D eigenvalue weighted by molar-refractivity contribution is 6.34. The molecule has 23 heavy (non-hydrogen) atoms. The van der Waals surface area contributed by atoms with E-state index in [2.05, 4.69) is 23.4 Å². The molecule has 5 heteroatoms. The minimum atomic E-state index is 0.147. The van der Waals surface area contributed by atoms with Gasteiger partial charge in [-0.05, 0) is 36.6 Å². The maximum Gasteiger partial charge on any atom is 0.146 e. The van der Waals surface area contributed by atoms with Gasteiger partial charge in [-0.2, -0.15) is 0 Å². The molecule has 0 radical (unpaired) electrons. The van der Waals surface area contributed by atoms with Crippen LogP contribution in [0, 0.1) is 0 Å². The van der Waals surface area contributed by atoms with E-state index in [1.54, 1.807) is 12.1 Å². The van der Waals surface area contributed by atoms with Crippen molar-refractivity contribution >= 4 is 22.6 Å². The summed E-state index contributed by atoms with van der Waals surface area (Å²) < 4.78 is 0. The number of rotatable bonds is 5. The van der Waals surface area contributed by atoms with E-state index in [1.807, 2.05) is 30.3 Å². The molecule has 0 bridgehead atoms. The highest BCUT2D eigenvalue weighted by Crippen LogP contribution is 2.30. The molecule has 0 saturated carbocycles. The van der Waals surface area contributed by atoms with Crippen LogP contribution in [0.5, 0.6) is 5.75 Å². The van der Waals surface area contributed by atoms with Crippen LogP contribution < -0.4 is 0 Å². The van der Waals surface area contributed by atoms with Crippen LogP contribution >= 0.6 is 11.6 Å². The summed E-state index contributed by atoms with van der Waals surface area (Å²) in [6.45, 7) is 7.50. The average Bonchev–Trinajstić information content (AvgIpc) is 2.96. The number of aromatic nitrogens is 3. The van der Waals surface area contributed by atoms with Gasteiger partial charge in [-0.1, -0.05) is 35.9 Å². The Kier molecular flexibility index (Phi) is 4.17. The molecule has 0 atom stereocenters. The summed E-state index contributed by atoms with van der Waals surface area (Å²) in [5.41, 5.74) is 3.61. The Hall–Kier alpha value is -2.59. The molecule has 0 aliphatic carbocycles. The molecule has 0 saturated heterocycles. The van der Waals surface area contributed by atoms with Crippen molar-refractivity contribution in [1.29, 1.82) is 0 Å². The molecule has 0 aliphatic heterocycles. The summed E-state index contributed by atoms with van der Waals surface area (Å²) in [5.74, 6) is 0.147. The van der Waals surface area contributed by atoms with E-state index in [0.29, 0.717) is 34.6 Å². The van der Waals surface area contributed by atoms with Crippen LogP contribution in [0.1, 0.15) is 11.1 Å². The smallest absolute Gasteiger partial charge is 0.146 e. The van der Waals surface area contributed by atoms with Gasteiger partial charge < -0.3 is 5.11 Å². The third-order valence-corrected chi connectivity index (χ3v) is 3.86. The number of phenols is 1. The third-order valence-electron chi connectivity index (χ3n) is 3.55. The van der Waals surface area contributed by atoms with Crippen LogP contribution in [-0.4, -0.2) is 20.1 Å². The van der Waals surface area contributed by atoms with Crippen LogP contribution in [0.3, 0.4) is 0 Å². The molecule has 0 spiro atoms. The van der Waals surface area contributed by atoms with Crippen LogP contribution in [-0.2, 0) is 12.8 Å². The van der Waals surface area contributed by atoms with Crippen molar-refractivity contribution in [2.45, 2.75) is 12.8 Å². The fourth-order valence-corrected chi connectivity index (χ4v) is 2.71. The average molecular weight is 326 g/mol. The topological polar surface area (TPSA) is 50.9 Å². The van der Waals surface area contributed by atoms with Crippen LogP contribution in [0.4, 0.5) is 0 Å². The lowest BCUT2D eigenvalue weighted by molar-refractivity contribution is 0.462. The number of hydrogen-bond donors (Lipinski definition) is 1. The summed E-state index contributed by atoms with van der Waals surface area (Å²) in [6.07, 6.45) is 4.82. The quantitative estimate of drug-likeness (QED) is 0.714. The van der Waals surface area contributed by atoms with Gasteiger partial charge in [0.15, 0.2) is 0 Å². The Balaban J connectivity index is 2.21. The summed E-state index contributed by atoms with van der Waals surface area (Å²) in [4.78, 5) is 1.42. The minimum Gasteiger partial charge on any atom is -0.505 e. The Morgan fingerprint density at radius 2 is 1.91 bits per heavy atom. The van der Waals surface area contributed by atoms with Crippen LogP contribution in [0.2, 0.25) is 5.02 Å². The molecular weight excluding hydrogens is 310 g/mol. The molecule has 0 amide bonds. The normalized spacial score (nSPS) is 10.8. The van der Waals surface area contributed by atoms with Crippen molar-refractivity contribution in [1.82, 2.24) is 15.0 Å². The number of benzene rings is 2. The maximum absolute atomic E-state index is 10.6. The monoisotopic (exact) mass is 325 g/mol. The Morgan fingerprint density at radius 1 is 1.13 bits per heavy atom. The van der Waals surface area contributed by atoms with E-state index < -0.39 is 0 Å². The highest BCUT2D eigenvalue weighted by Gasteiger charge is 2.14. The minimum absolute atomic E-state index is 0.147. The SMILES string of the molecule is C=CCc1cc(CC=C)c(O)c(-n2nc3cccc(Cl)c3n2)c1. The predicted octanol–water partition coefficient (Wildman–Crippen LogP) is 4.24. The number of allylic oxidation sites excluding steroid dienone is 2. The van der Waals surface area contributed by atoms with Gasteiger partial charge in [-0.25, -0.2) is 0 Å². The number of hydrogen-bond acceptors (Lipinski definition) is 3. The second-order valence-electron chi connectivity index (χ2n) is 5.21. The van der Waals surface area contributed by atoms with E-state index in [4.69, 9.17) is 11.6 Å². The molecule has 4 nitrogen and oxygen atoms in total. The van der Waals surface area contributed by atoms with E-state index in [1.165, 1.54) is 4.80 Å². The highest BCUT2D eigenvalue weighted by atomic mass is 35.5. The van der Waals surface area contributed by atoms with E-state index in [9.17, 15) is 5.11 Å². The van der Waals surface area contributed by atoms with Crippen LogP contribution in [0.25, 0.3) is 16.7 Å². The molecule has 1 aromatic heterocycles. The summed E-state index contributed by atoms with van der Waals surface area (Å²) in [7, 11) is 0. The van der Waals surface area contributed by atoms with Gasteiger partial charge in [0, 0.05) is 5.56 Å². The molecular formula is C18H16ClN3O. The number of phenolic OH excluding ortho intramolecular Hbond substituents is 1. The molecule has 0 fully saturated rings. The summed E-state index contributed by atoms with van der Waals surface area (Å²) in [6, 6.07) is 9.22. The van der Waals surface area contributed by atoms with Crippen LogP contribution in [0.15, 0.2) is 55.6 Å². The lowest BCUT2D eigenvalue weighted by Gasteiger charge is -2.10. The third kappa shape index (κ3) is 2.85. The Labute approximate surface area is 139 Å². The molecule has 1 N–H and O–H groups in total. The first-order valence-corrected chi connectivity index (χ1v) is 7.60. The second kappa shape index (κ2) is 6.26. The van der Waals surface area contributed by atoms with Crippen molar-refractivity contribution in [2.24, 2.45) is 0 Å². The van der Waals surface area contributed by atoms with Gasteiger partial charge in [0.25, 0.3) is 0 Å². The number of fused-ring (bicyclic) bond motifs is 1. The van der Waals surface area contributed by atoms with Crippen molar-refractivity contribution in [2.75, 3.05) is 0 Å². The first-order valence-electron chi connectivity index (χ1n) is 7.22. The first-order chi connectivity index (χ1) is 11.1. The first kappa shape index (κ1) is 15.3. The predicted molar refractivity (Wildman–Crippen MR) is 93.3 cm³/mol. The van der Waals surface area contributed by atoms with Gasteiger partial charge in [0.2, 0.25) is 0 Å². The van der Waals surface area contributed by atoms with E-state index in [-0.39, 0.29) is 5.75 Å². The molecule has 116 valence electrons. The molecule has 3 rings (SSSR count). The molecule has 0 unspecified atom stereocenters. The molecule has 3 aromatic rings. The molecule has 0 aliphatic rings. The standard InChI is InChI=1S/C18H16ClN3O/c1-3-6-12-10-13(7-4-2)18(23)16(11-12)22-20-15-9-5-8-14(19)17(15)21-22/h3-5,8-11,23H,1-2,6-7H2. The summed E-state index contributed by atoms with van der Waals surface area (Å²) >= 11 is 6.15. The lowest BCUT2D eigenvalue weighted by Crippen LogP contribution is -2.02. The Morgan fingerprint density at radius 3 is 2.61 bits per heavy atom. The van der Waals surface area contributed by atoms with Gasteiger partial charge in [0.05, 0.1) is 5.02 Å². The zero-order chi connectivity index (χ0) is 16.4. The zero-order valence-electron chi connectivity index (χ0n) is 12.5. The maximum atomic E-state index is 10.6. The summed E-state index contributed by atoms with van der Waals surface area (Å²) in [5, 5.41) is 19.9. The largest absolute Gasteiger partial charge is 0.505 e. The van der Waals surface area contributed by atoms with Gasteiger partial charge in [0.1, 0.15) is 22.5 Å². The Bertz CT molecular complexity index is 899. The lowest BCUT2D eigenvalue weighted by atomic mass is 10.0. The van der Waals surface area contributed by atoms with Gasteiger partial charge in [-0.3, -0.25) is 0 Å². The van der Waals surface area contributed by atoms with E-state index >= 15 is 0 Å². The van der Waals surface area contributed by atoms with Crippen molar-refractivity contribution < 1.29 is 5.11 Å². The molecule has 2 aromatic carbocycles. The molecule has 1 heterocycles. The van der Waals surface area contributed by atoms with Gasteiger partial charge >= 0.3 is 0 Å². The number of nitrogens with zero attached hydrogens (tertiary/aromatic N) is 3. The fraction of sp³-hybridized carbons (Fsp3) is 0.111. The second-order valence-corrected chi connectivity index (χ2v) is 5.61. The number of aromatic hydroxyl groups is 1. The fourth-order valence-electron chi connectivity index (χ4n) is 2.50.